The minimum Gasteiger partial charge on any atom is -0.365 e. The van der Waals surface area contributed by atoms with E-state index in [-0.39, 0.29) is 11.8 Å². The van der Waals surface area contributed by atoms with E-state index in [2.05, 4.69) is 101 Å². The van der Waals surface area contributed by atoms with Gasteiger partial charge < -0.3 is 20.4 Å². The zero-order chi connectivity index (χ0) is 30.3. The maximum atomic E-state index is 13.7. The highest BCUT2D eigenvalue weighted by Crippen LogP contribution is 2.27. The molecule has 1 saturated heterocycles. The molecule has 5 aromatic rings. The molecule has 224 valence electrons. The van der Waals surface area contributed by atoms with Crippen molar-refractivity contribution in [1.82, 2.24) is 15.3 Å². The molecule has 7 heteroatoms. The van der Waals surface area contributed by atoms with Gasteiger partial charge in [0.25, 0.3) is 0 Å². The number of aromatic nitrogens is 2. The molecule has 0 saturated carbocycles. The molecule has 0 spiro atoms. The van der Waals surface area contributed by atoms with Gasteiger partial charge in [-0.3, -0.25) is 4.79 Å². The molecule has 0 atom stereocenters. The van der Waals surface area contributed by atoms with Gasteiger partial charge in [0, 0.05) is 37.1 Å². The number of aryl methyl sites for hydroxylation is 1. The number of rotatable bonds is 10. The van der Waals surface area contributed by atoms with Gasteiger partial charge >= 0.3 is 0 Å². The second-order valence-electron chi connectivity index (χ2n) is 11.7. The molecule has 44 heavy (non-hydrogen) atoms. The van der Waals surface area contributed by atoms with E-state index < -0.39 is 0 Å². The molecule has 6 rings (SSSR count). The summed E-state index contributed by atoms with van der Waals surface area (Å²) in [5, 5.41) is 7.95. The van der Waals surface area contributed by atoms with E-state index in [0.717, 1.165) is 65.0 Å². The Morgan fingerprint density at radius 3 is 2.16 bits per heavy atom. The van der Waals surface area contributed by atoms with E-state index in [1.54, 1.807) is 0 Å². The van der Waals surface area contributed by atoms with Crippen LogP contribution in [0.4, 0.5) is 17.5 Å². The summed E-state index contributed by atoms with van der Waals surface area (Å²) in [5.41, 5.74) is 6.45. The average molecular weight is 585 g/mol. The Labute approximate surface area is 260 Å². The lowest BCUT2D eigenvalue weighted by molar-refractivity contribution is -0.123. The van der Waals surface area contributed by atoms with Gasteiger partial charge in [0.2, 0.25) is 11.9 Å². The minimum absolute atomic E-state index is 0.0465. The molecule has 1 aromatic heterocycles. The van der Waals surface area contributed by atoms with Crippen LogP contribution in [0.2, 0.25) is 0 Å². The molecule has 0 unspecified atom stereocenters. The molecule has 2 N–H and O–H groups in total. The fourth-order valence-corrected chi connectivity index (χ4v) is 5.79. The van der Waals surface area contributed by atoms with Crippen LogP contribution in [0.5, 0.6) is 0 Å². The maximum Gasteiger partial charge on any atom is 0.230 e. The Hall–Kier alpha value is -4.75. The van der Waals surface area contributed by atoms with Crippen LogP contribution in [0.15, 0.2) is 103 Å². The average Bonchev–Trinajstić information content (AvgIpc) is 3.07. The zero-order valence-corrected chi connectivity index (χ0v) is 25.5. The summed E-state index contributed by atoms with van der Waals surface area (Å²) in [6.07, 6.45) is 1.75. The second kappa shape index (κ2) is 13.7. The molecule has 0 bridgehead atoms. The van der Waals surface area contributed by atoms with Crippen LogP contribution < -0.4 is 20.4 Å². The van der Waals surface area contributed by atoms with Crippen LogP contribution in [0.1, 0.15) is 35.1 Å². The Balaban J connectivity index is 1.21. The number of piperidine rings is 1. The summed E-state index contributed by atoms with van der Waals surface area (Å²) in [6, 6.07) is 35.2. The third-order valence-corrected chi connectivity index (χ3v) is 8.29. The number of nitrogens with one attached hydrogen (secondary N) is 2. The number of nitrogens with zero attached hydrogens (tertiary/aromatic N) is 4. The predicted molar refractivity (Wildman–Crippen MR) is 180 cm³/mol. The smallest absolute Gasteiger partial charge is 0.230 e. The number of hydrogen-bond acceptors (Lipinski definition) is 6. The van der Waals surface area contributed by atoms with E-state index in [0.29, 0.717) is 25.6 Å². The first kappa shape index (κ1) is 29.3. The number of fused-ring (bicyclic) bond motifs is 1. The molecule has 1 aliphatic rings. The van der Waals surface area contributed by atoms with Gasteiger partial charge in [-0.25, -0.2) is 4.98 Å². The van der Waals surface area contributed by atoms with Gasteiger partial charge in [0.15, 0.2) is 0 Å². The van der Waals surface area contributed by atoms with Gasteiger partial charge in [0.1, 0.15) is 5.82 Å². The highest BCUT2D eigenvalue weighted by atomic mass is 16.2. The van der Waals surface area contributed by atoms with Gasteiger partial charge in [-0.15, -0.1) is 0 Å². The SMILES string of the molecule is Cc1ccc2c(NCc3ccc(N(Cc4ccccc4)C(=O)C4CCNCC4)cc3)nc(N(C)Cc3ccccc3)nc2c1. The summed E-state index contributed by atoms with van der Waals surface area (Å²) >= 11 is 0. The summed E-state index contributed by atoms with van der Waals surface area (Å²) in [6.45, 7) is 5.74. The highest BCUT2D eigenvalue weighted by Gasteiger charge is 2.27. The first-order valence-electron chi connectivity index (χ1n) is 15.5. The molecule has 7 nitrogen and oxygen atoms in total. The molecule has 0 aliphatic carbocycles. The van der Waals surface area contributed by atoms with Crippen molar-refractivity contribution < 1.29 is 4.79 Å². The number of hydrogen-bond donors (Lipinski definition) is 2. The third-order valence-electron chi connectivity index (χ3n) is 8.29. The van der Waals surface area contributed by atoms with E-state index >= 15 is 0 Å². The molecule has 2 heterocycles. The van der Waals surface area contributed by atoms with Crippen molar-refractivity contribution in [3.8, 4) is 0 Å². The summed E-state index contributed by atoms with van der Waals surface area (Å²) < 4.78 is 0. The normalized spacial score (nSPS) is 13.5. The van der Waals surface area contributed by atoms with Crippen molar-refractivity contribution in [2.75, 3.05) is 35.3 Å². The molecule has 0 radical (unpaired) electrons. The fourth-order valence-electron chi connectivity index (χ4n) is 5.79. The van der Waals surface area contributed by atoms with Crippen molar-refractivity contribution in [1.29, 1.82) is 0 Å². The van der Waals surface area contributed by atoms with Crippen molar-refractivity contribution in [3.05, 3.63) is 125 Å². The number of benzene rings is 4. The molecule has 1 fully saturated rings. The van der Waals surface area contributed by atoms with Crippen molar-refractivity contribution >= 4 is 34.3 Å². The Morgan fingerprint density at radius 1 is 0.818 bits per heavy atom. The molecular weight excluding hydrogens is 544 g/mol. The quantitative estimate of drug-likeness (QED) is 0.190. The largest absolute Gasteiger partial charge is 0.365 e. The van der Waals surface area contributed by atoms with Crippen molar-refractivity contribution in [3.63, 3.8) is 0 Å². The van der Waals surface area contributed by atoms with Crippen LogP contribution in [-0.4, -0.2) is 36.0 Å². The van der Waals surface area contributed by atoms with E-state index in [1.807, 2.05) is 36.2 Å². The Kier molecular flexibility index (Phi) is 9.13. The van der Waals surface area contributed by atoms with Crippen LogP contribution in [0.25, 0.3) is 10.9 Å². The van der Waals surface area contributed by atoms with Crippen molar-refractivity contribution in [2.24, 2.45) is 5.92 Å². The number of amides is 1. The topological polar surface area (TPSA) is 73.4 Å². The van der Waals surface area contributed by atoms with E-state index in [4.69, 9.17) is 9.97 Å². The van der Waals surface area contributed by atoms with Crippen LogP contribution in [0.3, 0.4) is 0 Å². The van der Waals surface area contributed by atoms with Gasteiger partial charge in [-0.05, 0) is 79.4 Å². The van der Waals surface area contributed by atoms with Crippen LogP contribution >= 0.6 is 0 Å². The molecule has 1 aliphatic heterocycles. The van der Waals surface area contributed by atoms with Crippen LogP contribution in [0, 0.1) is 12.8 Å². The number of carbonyl (C=O) groups is 1. The zero-order valence-electron chi connectivity index (χ0n) is 25.5. The van der Waals surface area contributed by atoms with Gasteiger partial charge in [-0.2, -0.15) is 4.98 Å². The highest BCUT2D eigenvalue weighted by molar-refractivity contribution is 5.95. The Morgan fingerprint density at radius 2 is 1.48 bits per heavy atom. The molecule has 4 aromatic carbocycles. The summed E-state index contributed by atoms with van der Waals surface area (Å²) in [4.78, 5) is 27.6. The monoisotopic (exact) mass is 584 g/mol. The number of carbonyl (C=O) groups excluding carboxylic acids is 1. The predicted octanol–water partition coefficient (Wildman–Crippen LogP) is 6.72. The Bertz CT molecular complexity index is 1680. The summed E-state index contributed by atoms with van der Waals surface area (Å²) in [5.74, 6) is 1.74. The number of anilines is 3. The van der Waals surface area contributed by atoms with E-state index in [9.17, 15) is 4.79 Å². The van der Waals surface area contributed by atoms with Gasteiger partial charge in [-0.1, -0.05) is 78.9 Å². The van der Waals surface area contributed by atoms with Crippen LogP contribution in [-0.2, 0) is 24.4 Å². The lowest BCUT2D eigenvalue weighted by atomic mass is 9.96. The molecule has 1 amide bonds. The lowest BCUT2D eigenvalue weighted by Crippen LogP contribution is -2.40. The van der Waals surface area contributed by atoms with Gasteiger partial charge in [0.05, 0.1) is 12.1 Å². The summed E-state index contributed by atoms with van der Waals surface area (Å²) in [7, 11) is 2.03. The third kappa shape index (κ3) is 7.06. The first-order chi connectivity index (χ1) is 21.5. The lowest BCUT2D eigenvalue weighted by Gasteiger charge is -2.30. The first-order valence-corrected chi connectivity index (χ1v) is 15.5. The molecular formula is C37H40N6O. The minimum atomic E-state index is 0.0465. The van der Waals surface area contributed by atoms with E-state index in [1.165, 1.54) is 5.56 Å². The second-order valence-corrected chi connectivity index (χ2v) is 11.7. The maximum absolute atomic E-state index is 13.7. The van der Waals surface area contributed by atoms with Crippen molar-refractivity contribution in [2.45, 2.75) is 39.4 Å². The fraction of sp³-hybridized carbons (Fsp3) is 0.270. The standard InChI is InChI=1S/C37H40N6O/c1-27-13-18-33-34(23-27)40-37(42(2)25-29-9-5-3-6-10-29)41-35(33)39-24-28-14-16-32(17-15-28)43(26-30-11-7-4-8-12-30)36(44)31-19-21-38-22-20-31/h3-18,23,31,38H,19-22,24-26H2,1-2H3,(H,39,40,41).